The highest BCUT2D eigenvalue weighted by molar-refractivity contribution is 5.86. The third-order valence-electron chi connectivity index (χ3n) is 2.98. The van der Waals surface area contributed by atoms with Gasteiger partial charge in [-0.2, -0.15) is 4.98 Å². The van der Waals surface area contributed by atoms with Crippen molar-refractivity contribution < 1.29 is 4.42 Å². The van der Waals surface area contributed by atoms with Crippen molar-refractivity contribution in [3.8, 4) is 0 Å². The summed E-state index contributed by atoms with van der Waals surface area (Å²) in [6, 6.07) is 0. The number of rotatable bonds is 0. The number of nitrogens with two attached hydrogens (primary N) is 1. The van der Waals surface area contributed by atoms with Crippen LogP contribution in [0.4, 0.5) is 5.69 Å². The van der Waals surface area contributed by atoms with E-state index >= 15 is 0 Å². The van der Waals surface area contributed by atoms with Crippen molar-refractivity contribution in [3.05, 3.63) is 12.1 Å². The van der Waals surface area contributed by atoms with Crippen molar-refractivity contribution in [3.63, 3.8) is 0 Å². The summed E-state index contributed by atoms with van der Waals surface area (Å²) in [6.07, 6.45) is 6.23. The standard InChI is InChI=1S/C10H13N3O/c11-8-7-4-2-1-3-5-13(7)10-9(8)14-6-12-10/h6H,1-5,11H2. The van der Waals surface area contributed by atoms with Gasteiger partial charge in [-0.1, -0.05) is 6.42 Å². The van der Waals surface area contributed by atoms with Gasteiger partial charge in [0.25, 0.3) is 0 Å². The molecule has 0 bridgehead atoms. The molecule has 0 fully saturated rings. The monoisotopic (exact) mass is 191 g/mol. The Hall–Kier alpha value is -1.45. The second-order valence-electron chi connectivity index (χ2n) is 3.83. The van der Waals surface area contributed by atoms with Crippen molar-refractivity contribution in [1.82, 2.24) is 9.55 Å². The van der Waals surface area contributed by atoms with Gasteiger partial charge in [-0.15, -0.1) is 0 Å². The van der Waals surface area contributed by atoms with Crippen molar-refractivity contribution >= 4 is 16.9 Å². The van der Waals surface area contributed by atoms with Gasteiger partial charge in [0.1, 0.15) is 0 Å². The Morgan fingerprint density at radius 3 is 3.21 bits per heavy atom. The van der Waals surface area contributed by atoms with Crippen LogP contribution in [0.5, 0.6) is 0 Å². The first-order valence-corrected chi connectivity index (χ1v) is 5.08. The molecular formula is C10H13N3O. The molecule has 2 N–H and O–H groups in total. The second kappa shape index (κ2) is 2.77. The number of fused-ring (bicyclic) bond motifs is 3. The Balaban J connectivity index is 2.30. The van der Waals surface area contributed by atoms with E-state index in [-0.39, 0.29) is 0 Å². The number of nitrogens with zero attached hydrogens (tertiary/aromatic N) is 2. The topological polar surface area (TPSA) is 57.0 Å². The highest BCUT2D eigenvalue weighted by atomic mass is 16.3. The maximum atomic E-state index is 6.02. The van der Waals surface area contributed by atoms with E-state index in [1.165, 1.54) is 31.4 Å². The molecule has 2 aromatic rings. The van der Waals surface area contributed by atoms with Crippen LogP contribution in [0.25, 0.3) is 11.2 Å². The summed E-state index contributed by atoms with van der Waals surface area (Å²) >= 11 is 0. The molecule has 0 saturated carbocycles. The molecule has 0 atom stereocenters. The van der Waals surface area contributed by atoms with Crippen LogP contribution in [-0.2, 0) is 13.0 Å². The fraction of sp³-hybridized carbons (Fsp3) is 0.500. The maximum absolute atomic E-state index is 6.02. The summed E-state index contributed by atoms with van der Waals surface area (Å²) in [5.74, 6) is 0. The first kappa shape index (κ1) is 7.91. The van der Waals surface area contributed by atoms with Crippen molar-refractivity contribution in [2.24, 2.45) is 0 Å². The van der Waals surface area contributed by atoms with E-state index in [2.05, 4.69) is 9.55 Å². The molecule has 0 aromatic carbocycles. The van der Waals surface area contributed by atoms with E-state index in [1.807, 2.05) is 0 Å². The number of nitrogen functional groups attached to an aromatic ring is 1. The Morgan fingerprint density at radius 2 is 2.29 bits per heavy atom. The van der Waals surface area contributed by atoms with Gasteiger partial charge in [0.05, 0.1) is 5.69 Å². The average Bonchev–Trinajstić information content (AvgIpc) is 2.65. The number of oxazole rings is 1. The van der Waals surface area contributed by atoms with E-state index < -0.39 is 0 Å². The van der Waals surface area contributed by atoms with E-state index in [1.54, 1.807) is 0 Å². The number of hydrogen-bond donors (Lipinski definition) is 1. The third-order valence-corrected chi connectivity index (χ3v) is 2.98. The fourth-order valence-corrected chi connectivity index (χ4v) is 2.27. The van der Waals surface area contributed by atoms with E-state index in [9.17, 15) is 0 Å². The molecule has 2 aromatic heterocycles. The highest BCUT2D eigenvalue weighted by Crippen LogP contribution is 2.31. The number of anilines is 1. The second-order valence-corrected chi connectivity index (χ2v) is 3.83. The lowest BCUT2D eigenvalue weighted by Gasteiger charge is -2.03. The van der Waals surface area contributed by atoms with Crippen LogP contribution < -0.4 is 5.73 Å². The summed E-state index contributed by atoms with van der Waals surface area (Å²) in [7, 11) is 0. The van der Waals surface area contributed by atoms with Crippen LogP contribution in [0.15, 0.2) is 10.8 Å². The Bertz CT molecular complexity index is 469. The smallest absolute Gasteiger partial charge is 0.196 e. The molecule has 74 valence electrons. The molecule has 0 amide bonds. The summed E-state index contributed by atoms with van der Waals surface area (Å²) in [5.41, 5.74) is 9.70. The largest absolute Gasteiger partial charge is 0.440 e. The lowest BCUT2D eigenvalue weighted by Crippen LogP contribution is -2.01. The Kier molecular flexibility index (Phi) is 1.56. The molecule has 3 rings (SSSR count). The normalized spacial score (nSPS) is 16.9. The van der Waals surface area contributed by atoms with Crippen LogP contribution >= 0.6 is 0 Å². The molecule has 0 spiro atoms. The van der Waals surface area contributed by atoms with Crippen molar-refractivity contribution in [1.29, 1.82) is 0 Å². The molecule has 4 nitrogen and oxygen atoms in total. The molecular weight excluding hydrogens is 178 g/mol. The van der Waals surface area contributed by atoms with Crippen LogP contribution in [0.1, 0.15) is 25.0 Å². The molecule has 3 heterocycles. The summed E-state index contributed by atoms with van der Waals surface area (Å²) < 4.78 is 7.49. The molecule has 0 unspecified atom stereocenters. The zero-order chi connectivity index (χ0) is 9.54. The maximum Gasteiger partial charge on any atom is 0.196 e. The van der Waals surface area contributed by atoms with Crippen LogP contribution in [0.3, 0.4) is 0 Å². The van der Waals surface area contributed by atoms with Crippen LogP contribution in [0.2, 0.25) is 0 Å². The average molecular weight is 191 g/mol. The minimum Gasteiger partial charge on any atom is -0.440 e. The zero-order valence-electron chi connectivity index (χ0n) is 7.99. The van der Waals surface area contributed by atoms with Gasteiger partial charge in [0.15, 0.2) is 17.6 Å². The number of aromatic nitrogens is 2. The molecule has 0 saturated heterocycles. The van der Waals surface area contributed by atoms with Gasteiger partial charge < -0.3 is 14.7 Å². The van der Waals surface area contributed by atoms with Crippen molar-refractivity contribution in [2.75, 3.05) is 5.73 Å². The predicted molar refractivity (Wildman–Crippen MR) is 54.0 cm³/mol. The van der Waals surface area contributed by atoms with Gasteiger partial charge in [0, 0.05) is 12.2 Å². The van der Waals surface area contributed by atoms with Gasteiger partial charge in [-0.3, -0.25) is 0 Å². The third kappa shape index (κ3) is 0.908. The molecule has 14 heavy (non-hydrogen) atoms. The quantitative estimate of drug-likeness (QED) is 0.692. The first-order chi connectivity index (χ1) is 6.88. The number of hydrogen-bond acceptors (Lipinski definition) is 3. The minimum absolute atomic E-state index is 0.766. The van der Waals surface area contributed by atoms with Crippen LogP contribution in [0, 0.1) is 0 Å². The first-order valence-electron chi connectivity index (χ1n) is 5.08. The van der Waals surface area contributed by atoms with Crippen LogP contribution in [-0.4, -0.2) is 9.55 Å². The van der Waals surface area contributed by atoms with Gasteiger partial charge >= 0.3 is 0 Å². The SMILES string of the molecule is Nc1c2n(c3ncoc13)CCCCC2. The summed E-state index contributed by atoms with van der Waals surface area (Å²) in [5, 5.41) is 0. The summed E-state index contributed by atoms with van der Waals surface area (Å²) in [6.45, 7) is 1.02. The zero-order valence-corrected chi connectivity index (χ0v) is 7.99. The van der Waals surface area contributed by atoms with Crippen molar-refractivity contribution in [2.45, 2.75) is 32.2 Å². The van der Waals surface area contributed by atoms with Gasteiger partial charge in [-0.05, 0) is 19.3 Å². The fourth-order valence-electron chi connectivity index (χ4n) is 2.27. The van der Waals surface area contributed by atoms with E-state index in [4.69, 9.17) is 10.2 Å². The molecule has 0 radical (unpaired) electrons. The van der Waals surface area contributed by atoms with Gasteiger partial charge in [0.2, 0.25) is 0 Å². The molecule has 1 aliphatic heterocycles. The molecule has 0 aliphatic carbocycles. The van der Waals surface area contributed by atoms with E-state index in [0.717, 1.165) is 29.9 Å². The minimum atomic E-state index is 0.766. The highest BCUT2D eigenvalue weighted by Gasteiger charge is 2.19. The Labute approximate surface area is 81.7 Å². The summed E-state index contributed by atoms with van der Waals surface area (Å²) in [4.78, 5) is 4.21. The lowest BCUT2D eigenvalue weighted by atomic mass is 10.2. The van der Waals surface area contributed by atoms with E-state index in [0.29, 0.717) is 0 Å². The lowest BCUT2D eigenvalue weighted by molar-refractivity contribution is 0.603. The van der Waals surface area contributed by atoms with Gasteiger partial charge in [-0.25, -0.2) is 0 Å². The number of aryl methyl sites for hydroxylation is 1. The Morgan fingerprint density at radius 1 is 1.36 bits per heavy atom. The predicted octanol–water partition coefficient (Wildman–Crippen LogP) is 1.94. The molecule has 4 heteroatoms. The molecule has 1 aliphatic rings.